The van der Waals surface area contributed by atoms with Crippen LogP contribution in [0.25, 0.3) is 16.9 Å². The first-order valence-electron chi connectivity index (χ1n) is 10.3. The molecule has 0 radical (unpaired) electrons. The molecule has 0 aliphatic heterocycles. The number of benzene rings is 1. The Morgan fingerprint density at radius 2 is 1.81 bits per heavy atom. The number of Topliss-reactive ketones (excluding diaryl/α,β-unsaturated/α-hetero) is 1. The van der Waals surface area contributed by atoms with Crippen molar-refractivity contribution in [3.63, 3.8) is 0 Å². The van der Waals surface area contributed by atoms with Gasteiger partial charge in [-0.2, -0.15) is 0 Å². The summed E-state index contributed by atoms with van der Waals surface area (Å²) in [4.78, 5) is 29.2. The molecule has 1 aliphatic rings. The number of hydrogen-bond donors (Lipinski definition) is 1. The molecular formula is C24H27N3O4. The third-order valence-corrected chi connectivity index (χ3v) is 6.10. The Morgan fingerprint density at radius 3 is 2.35 bits per heavy atom. The van der Waals surface area contributed by atoms with Crippen LogP contribution < -0.4 is 15.2 Å². The SMILES string of the molecule is COc1cc(-c2cnc3cc(C(C)(C)C(N)=O)ccn23)cc(OC)c1C(=O)CC1CC1. The standard InChI is InChI=1S/C24H27N3O4/c1-24(2,23(25)29)16-7-8-27-17(13-26-21(27)12-16)15-10-19(30-3)22(20(11-15)31-4)18(28)9-14-5-6-14/h7-8,10-14H,5-6,9H2,1-4H3,(H2,25,29). The van der Waals surface area contributed by atoms with Gasteiger partial charge >= 0.3 is 0 Å². The summed E-state index contributed by atoms with van der Waals surface area (Å²) in [6, 6.07) is 7.40. The highest BCUT2D eigenvalue weighted by molar-refractivity contribution is 6.02. The normalized spacial score (nSPS) is 13.9. The molecule has 162 valence electrons. The van der Waals surface area contributed by atoms with Crippen LogP contribution in [0.3, 0.4) is 0 Å². The molecule has 0 atom stereocenters. The van der Waals surface area contributed by atoms with Crippen molar-refractivity contribution in [1.29, 1.82) is 0 Å². The molecule has 1 saturated carbocycles. The van der Waals surface area contributed by atoms with Gasteiger partial charge < -0.3 is 15.2 Å². The van der Waals surface area contributed by atoms with E-state index in [1.54, 1.807) is 34.3 Å². The van der Waals surface area contributed by atoms with Gasteiger partial charge in [0.15, 0.2) is 5.78 Å². The minimum atomic E-state index is -0.802. The van der Waals surface area contributed by atoms with Gasteiger partial charge in [-0.25, -0.2) is 4.98 Å². The summed E-state index contributed by atoms with van der Waals surface area (Å²) in [6.07, 6.45) is 6.33. The Morgan fingerprint density at radius 1 is 1.16 bits per heavy atom. The third-order valence-electron chi connectivity index (χ3n) is 6.10. The first-order chi connectivity index (χ1) is 14.8. The zero-order chi connectivity index (χ0) is 22.3. The third kappa shape index (κ3) is 3.76. The topological polar surface area (TPSA) is 95.9 Å². The van der Waals surface area contributed by atoms with Crippen LogP contribution >= 0.6 is 0 Å². The van der Waals surface area contributed by atoms with Crippen molar-refractivity contribution in [2.75, 3.05) is 14.2 Å². The molecule has 1 amide bonds. The fraction of sp³-hybridized carbons (Fsp3) is 0.375. The summed E-state index contributed by atoms with van der Waals surface area (Å²) < 4.78 is 13.1. The second-order valence-corrected chi connectivity index (χ2v) is 8.60. The number of amides is 1. The molecule has 31 heavy (non-hydrogen) atoms. The monoisotopic (exact) mass is 421 g/mol. The first kappa shape index (κ1) is 20.9. The lowest BCUT2D eigenvalue weighted by molar-refractivity contribution is -0.122. The molecule has 0 unspecified atom stereocenters. The van der Waals surface area contributed by atoms with E-state index >= 15 is 0 Å². The van der Waals surface area contributed by atoms with Crippen LogP contribution in [-0.2, 0) is 10.2 Å². The van der Waals surface area contributed by atoms with Gasteiger partial charge in [0.1, 0.15) is 22.7 Å². The minimum absolute atomic E-state index is 0.0409. The highest BCUT2D eigenvalue weighted by Gasteiger charge is 2.30. The molecule has 1 aromatic carbocycles. The number of ether oxygens (including phenoxy) is 2. The summed E-state index contributed by atoms with van der Waals surface area (Å²) >= 11 is 0. The van der Waals surface area contributed by atoms with E-state index < -0.39 is 11.3 Å². The molecule has 2 heterocycles. The average molecular weight is 421 g/mol. The zero-order valence-corrected chi connectivity index (χ0v) is 18.3. The summed E-state index contributed by atoms with van der Waals surface area (Å²) in [5.41, 5.74) is 8.35. The van der Waals surface area contributed by atoms with E-state index in [9.17, 15) is 9.59 Å². The lowest BCUT2D eigenvalue weighted by Gasteiger charge is -2.21. The number of nitrogens with two attached hydrogens (primary N) is 1. The molecule has 0 bridgehead atoms. The zero-order valence-electron chi connectivity index (χ0n) is 18.3. The van der Waals surface area contributed by atoms with Crippen LogP contribution in [0.1, 0.15) is 49.0 Å². The van der Waals surface area contributed by atoms with Gasteiger partial charge in [0.2, 0.25) is 5.91 Å². The molecule has 0 spiro atoms. The number of pyridine rings is 1. The van der Waals surface area contributed by atoms with E-state index in [0.29, 0.717) is 35.0 Å². The van der Waals surface area contributed by atoms with Crippen molar-refractivity contribution in [1.82, 2.24) is 9.38 Å². The number of aromatic nitrogens is 2. The van der Waals surface area contributed by atoms with Crippen molar-refractivity contribution >= 4 is 17.3 Å². The van der Waals surface area contributed by atoms with Crippen LogP contribution in [0, 0.1) is 5.92 Å². The van der Waals surface area contributed by atoms with Gasteiger partial charge in [-0.05, 0) is 62.4 Å². The van der Waals surface area contributed by atoms with E-state index in [1.807, 2.05) is 34.9 Å². The predicted octanol–water partition coefficient (Wildman–Crippen LogP) is 3.76. The molecular weight excluding hydrogens is 394 g/mol. The quantitative estimate of drug-likeness (QED) is 0.559. The summed E-state index contributed by atoms with van der Waals surface area (Å²) in [6.45, 7) is 3.58. The highest BCUT2D eigenvalue weighted by atomic mass is 16.5. The van der Waals surface area contributed by atoms with E-state index in [1.165, 1.54) is 0 Å². The lowest BCUT2D eigenvalue weighted by Crippen LogP contribution is -2.35. The number of carbonyl (C=O) groups is 2. The van der Waals surface area contributed by atoms with E-state index in [-0.39, 0.29) is 5.78 Å². The summed E-state index contributed by atoms with van der Waals surface area (Å²) in [7, 11) is 3.11. The Kier molecular flexibility index (Phi) is 5.21. The Bertz CT molecular complexity index is 1150. The number of hydrogen-bond acceptors (Lipinski definition) is 5. The maximum Gasteiger partial charge on any atom is 0.227 e. The van der Waals surface area contributed by atoms with Crippen LogP contribution in [0.4, 0.5) is 0 Å². The molecule has 1 aliphatic carbocycles. The summed E-state index contributed by atoms with van der Waals surface area (Å²) in [5, 5.41) is 0. The van der Waals surface area contributed by atoms with E-state index in [0.717, 1.165) is 29.7 Å². The molecule has 7 nitrogen and oxygen atoms in total. The van der Waals surface area contributed by atoms with Gasteiger partial charge in [0.05, 0.1) is 31.5 Å². The smallest absolute Gasteiger partial charge is 0.227 e. The molecule has 4 rings (SSSR count). The number of nitrogens with zero attached hydrogens (tertiary/aromatic N) is 2. The first-order valence-corrected chi connectivity index (χ1v) is 10.3. The highest BCUT2D eigenvalue weighted by Crippen LogP contribution is 2.40. The molecule has 3 aromatic rings. The van der Waals surface area contributed by atoms with Crippen LogP contribution in [-0.4, -0.2) is 35.3 Å². The van der Waals surface area contributed by atoms with Crippen molar-refractivity contribution < 1.29 is 19.1 Å². The van der Waals surface area contributed by atoms with Crippen molar-refractivity contribution in [2.45, 2.75) is 38.5 Å². The van der Waals surface area contributed by atoms with Gasteiger partial charge in [0.25, 0.3) is 0 Å². The minimum Gasteiger partial charge on any atom is -0.496 e. The molecule has 1 fully saturated rings. The van der Waals surface area contributed by atoms with Crippen LogP contribution in [0.15, 0.2) is 36.7 Å². The fourth-order valence-corrected chi connectivity index (χ4v) is 3.75. The Labute approximate surface area is 181 Å². The number of imidazole rings is 1. The number of fused-ring (bicyclic) bond motifs is 1. The largest absolute Gasteiger partial charge is 0.496 e. The van der Waals surface area contributed by atoms with Crippen molar-refractivity contribution in [2.24, 2.45) is 11.7 Å². The van der Waals surface area contributed by atoms with Gasteiger partial charge in [-0.15, -0.1) is 0 Å². The predicted molar refractivity (Wildman–Crippen MR) is 118 cm³/mol. The van der Waals surface area contributed by atoms with Gasteiger partial charge in [0, 0.05) is 18.2 Å². The number of carbonyl (C=O) groups excluding carboxylic acids is 2. The van der Waals surface area contributed by atoms with E-state index in [2.05, 4.69) is 4.98 Å². The lowest BCUT2D eigenvalue weighted by atomic mass is 9.84. The maximum absolute atomic E-state index is 12.8. The van der Waals surface area contributed by atoms with Crippen LogP contribution in [0.2, 0.25) is 0 Å². The molecule has 7 heteroatoms. The molecule has 0 saturated heterocycles. The van der Waals surface area contributed by atoms with Gasteiger partial charge in [-0.1, -0.05) is 0 Å². The Hall–Kier alpha value is -3.35. The second-order valence-electron chi connectivity index (χ2n) is 8.60. The number of primary amides is 1. The number of rotatable bonds is 8. The summed E-state index contributed by atoms with van der Waals surface area (Å²) in [5.74, 6) is 1.09. The fourth-order valence-electron chi connectivity index (χ4n) is 3.75. The van der Waals surface area contributed by atoms with Gasteiger partial charge in [-0.3, -0.25) is 14.0 Å². The molecule has 2 aromatic heterocycles. The van der Waals surface area contributed by atoms with Crippen LogP contribution in [0.5, 0.6) is 11.5 Å². The number of ketones is 1. The second kappa shape index (κ2) is 7.72. The van der Waals surface area contributed by atoms with Crippen molar-refractivity contribution in [3.05, 3.63) is 47.8 Å². The molecule has 2 N–H and O–H groups in total. The average Bonchev–Trinajstić information content (AvgIpc) is 3.47. The maximum atomic E-state index is 12.8. The van der Waals surface area contributed by atoms with E-state index in [4.69, 9.17) is 15.2 Å². The number of methoxy groups -OCH3 is 2. The van der Waals surface area contributed by atoms with Crippen molar-refractivity contribution in [3.8, 4) is 22.8 Å². The Balaban J connectivity index is 1.78.